The molecule has 0 amide bonds. The molecule has 0 spiro atoms. The second-order valence-electron chi connectivity index (χ2n) is 4.68. The standard InChI is InChI=1S/C15H11BrClN3S/c1-9(17)15-19-12-3-2-10(7-18)6-13(12)20(15)8-14-11(16)4-5-21-14/h2-6,9H,8H2,1H3. The van der Waals surface area contributed by atoms with Gasteiger partial charge >= 0.3 is 0 Å². The quantitative estimate of drug-likeness (QED) is 0.595. The van der Waals surface area contributed by atoms with Gasteiger partial charge in [-0.2, -0.15) is 5.26 Å². The summed E-state index contributed by atoms with van der Waals surface area (Å²) >= 11 is 11.5. The first-order valence-electron chi connectivity index (χ1n) is 6.36. The lowest BCUT2D eigenvalue weighted by Crippen LogP contribution is -2.05. The van der Waals surface area contributed by atoms with E-state index in [1.807, 2.05) is 30.5 Å². The Morgan fingerprint density at radius 1 is 1.48 bits per heavy atom. The summed E-state index contributed by atoms with van der Waals surface area (Å²) in [6, 6.07) is 9.73. The van der Waals surface area contributed by atoms with Crippen LogP contribution in [0.25, 0.3) is 11.0 Å². The Kier molecular flexibility index (Phi) is 4.03. The van der Waals surface area contributed by atoms with Crippen molar-refractivity contribution in [1.82, 2.24) is 9.55 Å². The lowest BCUT2D eigenvalue weighted by molar-refractivity contribution is 0.749. The van der Waals surface area contributed by atoms with E-state index in [0.717, 1.165) is 21.3 Å². The predicted molar refractivity (Wildman–Crippen MR) is 89.8 cm³/mol. The minimum atomic E-state index is -0.193. The molecule has 3 aromatic rings. The van der Waals surface area contributed by atoms with Crippen molar-refractivity contribution in [3.63, 3.8) is 0 Å². The van der Waals surface area contributed by atoms with Gasteiger partial charge in [-0.05, 0) is 52.5 Å². The zero-order valence-electron chi connectivity index (χ0n) is 11.2. The summed E-state index contributed by atoms with van der Waals surface area (Å²) in [5.74, 6) is 0.821. The van der Waals surface area contributed by atoms with Crippen LogP contribution in [-0.4, -0.2) is 9.55 Å². The normalized spacial score (nSPS) is 12.5. The third-order valence-corrected chi connectivity index (χ3v) is 5.36. The number of rotatable bonds is 3. The van der Waals surface area contributed by atoms with Crippen LogP contribution in [0.1, 0.15) is 28.6 Å². The molecule has 0 aliphatic rings. The number of thiophene rings is 1. The van der Waals surface area contributed by atoms with Crippen molar-refractivity contribution in [3.05, 3.63) is 50.4 Å². The van der Waals surface area contributed by atoms with E-state index >= 15 is 0 Å². The number of nitriles is 1. The number of fused-ring (bicyclic) bond motifs is 1. The summed E-state index contributed by atoms with van der Waals surface area (Å²) in [7, 11) is 0. The van der Waals surface area contributed by atoms with Gasteiger partial charge in [0.25, 0.3) is 0 Å². The van der Waals surface area contributed by atoms with E-state index in [0.29, 0.717) is 12.1 Å². The van der Waals surface area contributed by atoms with Crippen LogP contribution < -0.4 is 0 Å². The highest BCUT2D eigenvalue weighted by atomic mass is 79.9. The predicted octanol–water partition coefficient (Wildman–Crippen LogP) is 5.08. The monoisotopic (exact) mass is 379 g/mol. The van der Waals surface area contributed by atoms with Crippen LogP contribution in [0.15, 0.2) is 34.1 Å². The molecule has 21 heavy (non-hydrogen) atoms. The zero-order chi connectivity index (χ0) is 15.0. The number of alkyl halides is 1. The summed E-state index contributed by atoms with van der Waals surface area (Å²) in [6.45, 7) is 2.60. The van der Waals surface area contributed by atoms with E-state index in [1.165, 1.54) is 4.88 Å². The number of imidazole rings is 1. The van der Waals surface area contributed by atoms with Crippen molar-refractivity contribution in [2.75, 3.05) is 0 Å². The molecule has 0 saturated carbocycles. The lowest BCUT2D eigenvalue weighted by atomic mass is 10.2. The molecule has 0 aliphatic heterocycles. The molecule has 1 atom stereocenters. The lowest BCUT2D eigenvalue weighted by Gasteiger charge is -2.10. The average molecular weight is 381 g/mol. The average Bonchev–Trinajstić information content (AvgIpc) is 3.03. The summed E-state index contributed by atoms with van der Waals surface area (Å²) < 4.78 is 3.17. The van der Waals surface area contributed by atoms with Crippen LogP contribution in [0.3, 0.4) is 0 Å². The molecular formula is C15H11BrClN3S. The van der Waals surface area contributed by atoms with Crippen LogP contribution in [0.2, 0.25) is 0 Å². The number of aromatic nitrogens is 2. The van der Waals surface area contributed by atoms with Gasteiger partial charge in [-0.15, -0.1) is 22.9 Å². The topological polar surface area (TPSA) is 41.6 Å². The number of hydrogen-bond acceptors (Lipinski definition) is 3. The maximum absolute atomic E-state index is 9.09. The van der Waals surface area contributed by atoms with Crippen LogP contribution in [-0.2, 0) is 6.54 Å². The third kappa shape index (κ3) is 2.71. The maximum atomic E-state index is 9.09. The smallest absolute Gasteiger partial charge is 0.128 e. The highest BCUT2D eigenvalue weighted by Crippen LogP contribution is 2.29. The van der Waals surface area contributed by atoms with E-state index in [1.54, 1.807) is 17.4 Å². The van der Waals surface area contributed by atoms with Crippen LogP contribution >= 0.6 is 38.9 Å². The molecule has 1 unspecified atom stereocenters. The molecule has 0 fully saturated rings. The first-order chi connectivity index (χ1) is 10.1. The van der Waals surface area contributed by atoms with Gasteiger partial charge in [0.1, 0.15) is 5.82 Å². The van der Waals surface area contributed by atoms with E-state index in [4.69, 9.17) is 16.9 Å². The number of benzene rings is 1. The molecule has 0 aliphatic carbocycles. The van der Waals surface area contributed by atoms with E-state index in [9.17, 15) is 0 Å². The SMILES string of the molecule is CC(Cl)c1nc2ccc(C#N)cc2n1Cc1sccc1Br. The Hall–Kier alpha value is -1.35. The molecule has 0 saturated heterocycles. The van der Waals surface area contributed by atoms with Gasteiger partial charge < -0.3 is 4.57 Å². The van der Waals surface area contributed by atoms with Gasteiger partial charge in [-0.1, -0.05) is 0 Å². The first kappa shape index (κ1) is 14.6. The van der Waals surface area contributed by atoms with Crippen molar-refractivity contribution < 1.29 is 0 Å². The minimum Gasteiger partial charge on any atom is -0.321 e. The Labute approximate surface area is 139 Å². The fourth-order valence-corrected chi connectivity index (χ4v) is 3.89. The minimum absolute atomic E-state index is 0.193. The van der Waals surface area contributed by atoms with Gasteiger partial charge in [0.05, 0.1) is 34.6 Å². The molecule has 2 aromatic heterocycles. The van der Waals surface area contributed by atoms with Crippen LogP contribution in [0.5, 0.6) is 0 Å². The number of nitrogens with zero attached hydrogens (tertiary/aromatic N) is 3. The van der Waals surface area contributed by atoms with Crippen molar-refractivity contribution >= 4 is 49.9 Å². The Balaban J connectivity index is 2.19. The van der Waals surface area contributed by atoms with Gasteiger partial charge in [-0.3, -0.25) is 0 Å². The maximum Gasteiger partial charge on any atom is 0.128 e. The van der Waals surface area contributed by atoms with Gasteiger partial charge in [0.2, 0.25) is 0 Å². The molecule has 0 N–H and O–H groups in total. The molecule has 0 radical (unpaired) electrons. The molecule has 2 heterocycles. The van der Waals surface area contributed by atoms with Gasteiger partial charge in [0.15, 0.2) is 0 Å². The zero-order valence-corrected chi connectivity index (χ0v) is 14.3. The fourth-order valence-electron chi connectivity index (χ4n) is 2.26. The largest absolute Gasteiger partial charge is 0.321 e. The Morgan fingerprint density at radius 2 is 2.29 bits per heavy atom. The van der Waals surface area contributed by atoms with Crippen molar-refractivity contribution in [1.29, 1.82) is 5.26 Å². The second-order valence-corrected chi connectivity index (χ2v) is 7.19. The second kappa shape index (κ2) is 5.80. The summed E-state index contributed by atoms with van der Waals surface area (Å²) in [5.41, 5.74) is 2.43. The highest BCUT2D eigenvalue weighted by molar-refractivity contribution is 9.10. The van der Waals surface area contributed by atoms with Crippen molar-refractivity contribution in [2.24, 2.45) is 0 Å². The first-order valence-corrected chi connectivity index (χ1v) is 8.47. The molecule has 3 rings (SSSR count). The molecule has 106 valence electrons. The van der Waals surface area contributed by atoms with E-state index < -0.39 is 0 Å². The van der Waals surface area contributed by atoms with Crippen LogP contribution in [0.4, 0.5) is 0 Å². The Bertz CT molecular complexity index is 844. The van der Waals surface area contributed by atoms with E-state index in [-0.39, 0.29) is 5.38 Å². The van der Waals surface area contributed by atoms with E-state index in [2.05, 4.69) is 31.6 Å². The highest BCUT2D eigenvalue weighted by Gasteiger charge is 2.16. The number of halogens is 2. The third-order valence-electron chi connectivity index (χ3n) is 3.26. The Morgan fingerprint density at radius 3 is 2.90 bits per heavy atom. The van der Waals surface area contributed by atoms with Crippen LogP contribution in [0, 0.1) is 11.3 Å². The van der Waals surface area contributed by atoms with Crippen molar-refractivity contribution in [2.45, 2.75) is 18.8 Å². The fraction of sp³-hybridized carbons (Fsp3) is 0.200. The molecule has 1 aromatic carbocycles. The molecule has 3 nitrogen and oxygen atoms in total. The van der Waals surface area contributed by atoms with Crippen molar-refractivity contribution in [3.8, 4) is 6.07 Å². The molecular weight excluding hydrogens is 370 g/mol. The summed E-state index contributed by atoms with van der Waals surface area (Å²) in [5, 5.41) is 10.9. The molecule has 0 bridgehead atoms. The number of hydrogen-bond donors (Lipinski definition) is 0. The molecule has 6 heteroatoms. The summed E-state index contributed by atoms with van der Waals surface area (Å²) in [4.78, 5) is 5.81. The van der Waals surface area contributed by atoms with Gasteiger partial charge in [0, 0.05) is 9.35 Å². The van der Waals surface area contributed by atoms with Gasteiger partial charge in [-0.25, -0.2) is 4.98 Å². The summed E-state index contributed by atoms with van der Waals surface area (Å²) in [6.07, 6.45) is 0.